The predicted molar refractivity (Wildman–Crippen MR) is 104 cm³/mol. The van der Waals surface area contributed by atoms with E-state index >= 15 is 0 Å². The molecule has 3 heterocycles. The first-order chi connectivity index (χ1) is 13.3. The molecule has 4 rings (SSSR count). The molecular weight excluding hydrogens is 342 g/mol. The predicted octanol–water partition coefficient (Wildman–Crippen LogP) is 1.50. The van der Waals surface area contributed by atoms with Crippen molar-refractivity contribution in [3.63, 3.8) is 0 Å². The van der Waals surface area contributed by atoms with Gasteiger partial charge in [0, 0.05) is 64.1 Å². The third kappa shape index (κ3) is 4.69. The van der Waals surface area contributed by atoms with Crippen LogP contribution in [-0.4, -0.2) is 80.3 Å². The van der Waals surface area contributed by atoms with Gasteiger partial charge in [-0.15, -0.1) is 0 Å². The maximum absolute atomic E-state index is 13.2. The van der Waals surface area contributed by atoms with E-state index in [-0.39, 0.29) is 12.0 Å². The van der Waals surface area contributed by atoms with Crippen LogP contribution in [0.3, 0.4) is 0 Å². The molecule has 3 saturated heterocycles. The molecule has 0 aliphatic carbocycles. The number of carbonyl (C=O) groups is 1. The quantitative estimate of drug-likeness (QED) is 0.848. The van der Waals surface area contributed by atoms with E-state index in [9.17, 15) is 4.79 Å². The highest BCUT2D eigenvalue weighted by Gasteiger charge is 2.32. The molecule has 1 unspecified atom stereocenters. The van der Waals surface area contributed by atoms with Crippen LogP contribution in [0.2, 0.25) is 0 Å². The first-order valence-electron chi connectivity index (χ1n) is 10.3. The summed E-state index contributed by atoms with van der Waals surface area (Å²) >= 11 is 0. The van der Waals surface area contributed by atoms with Crippen LogP contribution < -0.4 is 5.32 Å². The van der Waals surface area contributed by atoms with Crippen LogP contribution in [0, 0.1) is 0 Å². The summed E-state index contributed by atoms with van der Waals surface area (Å²) in [4.78, 5) is 17.7. The van der Waals surface area contributed by atoms with Gasteiger partial charge < -0.3 is 19.7 Å². The fraction of sp³-hybridized carbons (Fsp3) is 0.667. The number of hydrogen-bond donors (Lipinski definition) is 1. The number of nitrogens with one attached hydrogen (secondary N) is 1. The molecule has 0 radical (unpaired) electrons. The maximum Gasteiger partial charge on any atom is 0.254 e. The number of carbonyl (C=O) groups excluding carboxylic acids is 1. The van der Waals surface area contributed by atoms with Crippen LogP contribution in [0.4, 0.5) is 0 Å². The molecule has 1 aromatic rings. The average Bonchev–Trinajstić information content (AvgIpc) is 3.24. The third-order valence-electron chi connectivity index (χ3n) is 6.01. The van der Waals surface area contributed by atoms with Gasteiger partial charge in [0.15, 0.2) is 0 Å². The highest BCUT2D eigenvalue weighted by atomic mass is 16.5. The number of piperazine rings is 1. The van der Waals surface area contributed by atoms with Crippen LogP contribution in [0.25, 0.3) is 0 Å². The molecule has 1 atom stereocenters. The van der Waals surface area contributed by atoms with E-state index < -0.39 is 0 Å². The average molecular weight is 373 g/mol. The molecule has 1 N–H and O–H groups in total. The summed E-state index contributed by atoms with van der Waals surface area (Å²) in [6.07, 6.45) is 3.20. The normalized spacial score (nSPS) is 25.0. The second-order valence-electron chi connectivity index (χ2n) is 7.76. The summed E-state index contributed by atoms with van der Waals surface area (Å²) < 4.78 is 11.5. The highest BCUT2D eigenvalue weighted by Crippen LogP contribution is 2.22. The SMILES string of the molecule is O=C(c1ccccc1COC1CCOCC1)N1CCC(N2CCNCC2)C1. The molecule has 0 saturated carbocycles. The molecule has 27 heavy (non-hydrogen) atoms. The number of likely N-dealkylation sites (tertiary alicyclic amines) is 1. The van der Waals surface area contributed by atoms with Crippen molar-refractivity contribution in [1.82, 2.24) is 15.1 Å². The lowest BCUT2D eigenvalue weighted by Gasteiger charge is -2.32. The molecule has 3 aliphatic rings. The minimum Gasteiger partial charge on any atom is -0.381 e. The van der Waals surface area contributed by atoms with E-state index in [2.05, 4.69) is 10.2 Å². The van der Waals surface area contributed by atoms with E-state index in [4.69, 9.17) is 9.47 Å². The van der Waals surface area contributed by atoms with Crippen molar-refractivity contribution in [2.24, 2.45) is 0 Å². The standard InChI is InChI=1S/C21H31N3O3/c25-21(24-10-5-18(15-24)23-11-8-22-9-12-23)20-4-2-1-3-17(20)16-27-19-6-13-26-14-7-19/h1-4,18-19,22H,5-16H2. The minimum absolute atomic E-state index is 0.152. The summed E-state index contributed by atoms with van der Waals surface area (Å²) in [7, 11) is 0. The van der Waals surface area contributed by atoms with Crippen LogP contribution in [0.1, 0.15) is 35.2 Å². The zero-order chi connectivity index (χ0) is 18.5. The fourth-order valence-electron chi connectivity index (χ4n) is 4.35. The largest absolute Gasteiger partial charge is 0.381 e. The Morgan fingerprint density at radius 2 is 1.89 bits per heavy atom. The summed E-state index contributed by atoms with van der Waals surface area (Å²) in [6, 6.07) is 8.42. The Morgan fingerprint density at radius 1 is 1.11 bits per heavy atom. The van der Waals surface area contributed by atoms with Crippen molar-refractivity contribution in [1.29, 1.82) is 0 Å². The zero-order valence-corrected chi connectivity index (χ0v) is 16.1. The van der Waals surface area contributed by atoms with Crippen LogP contribution in [0.5, 0.6) is 0 Å². The zero-order valence-electron chi connectivity index (χ0n) is 16.1. The number of rotatable bonds is 5. The van der Waals surface area contributed by atoms with Gasteiger partial charge in [0.05, 0.1) is 12.7 Å². The number of amides is 1. The van der Waals surface area contributed by atoms with E-state index in [1.807, 2.05) is 29.2 Å². The maximum atomic E-state index is 13.2. The monoisotopic (exact) mass is 373 g/mol. The van der Waals surface area contributed by atoms with Crippen molar-refractivity contribution >= 4 is 5.91 Å². The van der Waals surface area contributed by atoms with Crippen molar-refractivity contribution in [2.45, 2.75) is 38.0 Å². The van der Waals surface area contributed by atoms with Crippen molar-refractivity contribution < 1.29 is 14.3 Å². The lowest BCUT2D eigenvalue weighted by molar-refractivity contribution is -0.0392. The number of nitrogens with zero attached hydrogens (tertiary/aromatic N) is 2. The minimum atomic E-state index is 0.152. The molecule has 0 aromatic heterocycles. The van der Waals surface area contributed by atoms with Crippen LogP contribution in [0.15, 0.2) is 24.3 Å². The summed E-state index contributed by atoms with van der Waals surface area (Å²) in [6.45, 7) is 8.01. The van der Waals surface area contributed by atoms with Gasteiger partial charge in [0.25, 0.3) is 5.91 Å². The van der Waals surface area contributed by atoms with Gasteiger partial charge in [-0.2, -0.15) is 0 Å². The summed E-state index contributed by atoms with van der Waals surface area (Å²) in [5.74, 6) is 0.152. The Hall–Kier alpha value is -1.47. The van der Waals surface area contributed by atoms with E-state index in [1.165, 1.54) is 0 Å². The summed E-state index contributed by atoms with van der Waals surface area (Å²) in [5.41, 5.74) is 1.80. The van der Waals surface area contributed by atoms with E-state index in [1.54, 1.807) is 0 Å². The number of benzene rings is 1. The van der Waals surface area contributed by atoms with Crippen LogP contribution in [-0.2, 0) is 16.1 Å². The van der Waals surface area contributed by atoms with Gasteiger partial charge in [-0.05, 0) is 30.9 Å². The first kappa shape index (κ1) is 18.9. The molecule has 3 fully saturated rings. The van der Waals surface area contributed by atoms with E-state index in [0.717, 1.165) is 82.9 Å². The second kappa shape index (κ2) is 9.15. The van der Waals surface area contributed by atoms with Gasteiger partial charge in [0.1, 0.15) is 0 Å². The molecule has 6 heteroatoms. The van der Waals surface area contributed by atoms with Crippen molar-refractivity contribution in [3.8, 4) is 0 Å². The smallest absolute Gasteiger partial charge is 0.254 e. The molecular formula is C21H31N3O3. The first-order valence-corrected chi connectivity index (χ1v) is 10.3. The Morgan fingerprint density at radius 3 is 2.70 bits per heavy atom. The Labute approximate surface area is 161 Å². The molecule has 1 aromatic carbocycles. The molecule has 3 aliphatic heterocycles. The molecule has 0 bridgehead atoms. The highest BCUT2D eigenvalue weighted by molar-refractivity contribution is 5.95. The molecule has 1 amide bonds. The third-order valence-corrected chi connectivity index (χ3v) is 6.01. The Balaban J connectivity index is 1.37. The van der Waals surface area contributed by atoms with Gasteiger partial charge in [-0.1, -0.05) is 18.2 Å². The van der Waals surface area contributed by atoms with Crippen LogP contribution >= 0.6 is 0 Å². The summed E-state index contributed by atoms with van der Waals surface area (Å²) in [5, 5.41) is 3.40. The van der Waals surface area contributed by atoms with E-state index in [0.29, 0.717) is 12.6 Å². The molecule has 148 valence electrons. The van der Waals surface area contributed by atoms with Crippen molar-refractivity contribution in [2.75, 3.05) is 52.5 Å². The van der Waals surface area contributed by atoms with Gasteiger partial charge in [-0.3, -0.25) is 9.69 Å². The van der Waals surface area contributed by atoms with Gasteiger partial charge >= 0.3 is 0 Å². The lowest BCUT2D eigenvalue weighted by Crippen LogP contribution is -2.49. The van der Waals surface area contributed by atoms with Gasteiger partial charge in [0.2, 0.25) is 0 Å². The fourth-order valence-corrected chi connectivity index (χ4v) is 4.35. The van der Waals surface area contributed by atoms with Gasteiger partial charge in [-0.25, -0.2) is 0 Å². The Kier molecular flexibility index (Phi) is 6.39. The topological polar surface area (TPSA) is 54.0 Å². The lowest BCUT2D eigenvalue weighted by atomic mass is 10.1. The molecule has 6 nitrogen and oxygen atoms in total. The van der Waals surface area contributed by atoms with Crippen molar-refractivity contribution in [3.05, 3.63) is 35.4 Å². The second-order valence-corrected chi connectivity index (χ2v) is 7.76. The Bertz CT molecular complexity index is 627. The number of hydrogen-bond acceptors (Lipinski definition) is 5. The molecule has 0 spiro atoms. The number of ether oxygens (including phenoxy) is 2.